The Morgan fingerprint density at radius 1 is 1.24 bits per heavy atom. The van der Waals surface area contributed by atoms with E-state index in [0.29, 0.717) is 0 Å². The Balaban J connectivity index is 1.77. The van der Waals surface area contributed by atoms with Crippen molar-refractivity contribution in [2.75, 3.05) is 6.61 Å². The Morgan fingerprint density at radius 2 is 2.00 bits per heavy atom. The third-order valence-corrected chi connectivity index (χ3v) is 4.90. The van der Waals surface area contributed by atoms with Crippen LogP contribution in [0.1, 0.15) is 18.2 Å². The van der Waals surface area contributed by atoms with Gasteiger partial charge >= 0.3 is 5.69 Å². The Morgan fingerprint density at radius 3 is 2.68 bits per heavy atom. The van der Waals surface area contributed by atoms with Crippen molar-refractivity contribution >= 4 is 0 Å². The summed E-state index contributed by atoms with van der Waals surface area (Å²) in [5, 5.41) is 20.0. The van der Waals surface area contributed by atoms with Crippen molar-refractivity contribution in [3.05, 3.63) is 69.0 Å². The summed E-state index contributed by atoms with van der Waals surface area (Å²) in [6.07, 6.45) is -1.62. The van der Waals surface area contributed by atoms with Crippen molar-refractivity contribution in [2.45, 2.75) is 36.6 Å². The van der Waals surface area contributed by atoms with Crippen LogP contribution in [0.3, 0.4) is 0 Å². The fourth-order valence-corrected chi connectivity index (χ4v) is 3.74. The lowest BCUT2D eigenvalue weighted by molar-refractivity contribution is -0.0810. The third-order valence-electron chi connectivity index (χ3n) is 4.90. The lowest BCUT2D eigenvalue weighted by atomic mass is 9.86. The van der Waals surface area contributed by atoms with E-state index in [1.165, 1.54) is 16.8 Å². The lowest BCUT2D eigenvalue weighted by Gasteiger charge is -2.27. The van der Waals surface area contributed by atoms with Crippen molar-refractivity contribution in [3.63, 3.8) is 0 Å². The summed E-state index contributed by atoms with van der Waals surface area (Å²) < 4.78 is 13.2. The smallest absolute Gasteiger partial charge is 0.330 e. The van der Waals surface area contributed by atoms with Crippen LogP contribution >= 0.6 is 0 Å². The highest BCUT2D eigenvalue weighted by Gasteiger charge is 2.62. The van der Waals surface area contributed by atoms with Gasteiger partial charge in [0.25, 0.3) is 5.56 Å². The molecule has 1 aromatic heterocycles. The van der Waals surface area contributed by atoms with Gasteiger partial charge in [-0.1, -0.05) is 30.3 Å². The maximum atomic E-state index is 12.1. The van der Waals surface area contributed by atoms with Crippen molar-refractivity contribution in [1.29, 1.82) is 0 Å². The van der Waals surface area contributed by atoms with Gasteiger partial charge in [0.1, 0.15) is 30.1 Å². The first kappa shape index (κ1) is 16.2. The first-order valence-electron chi connectivity index (χ1n) is 8.04. The Labute approximate surface area is 142 Å². The Kier molecular flexibility index (Phi) is 3.84. The number of benzene rings is 1. The van der Waals surface area contributed by atoms with Gasteiger partial charge in [0.15, 0.2) is 0 Å². The van der Waals surface area contributed by atoms with Gasteiger partial charge in [-0.15, -0.1) is 0 Å². The highest BCUT2D eigenvalue weighted by Crippen LogP contribution is 2.52. The highest BCUT2D eigenvalue weighted by molar-refractivity contribution is 5.29. The zero-order valence-electron chi connectivity index (χ0n) is 13.2. The summed E-state index contributed by atoms with van der Waals surface area (Å²) in [5.41, 5.74) is -1.26. The Bertz CT molecular complexity index is 878. The van der Waals surface area contributed by atoms with Crippen LogP contribution in [-0.2, 0) is 15.1 Å². The summed E-state index contributed by atoms with van der Waals surface area (Å²) in [6.45, 7) is -0.334. The van der Waals surface area contributed by atoms with Gasteiger partial charge in [0.05, 0.1) is 6.61 Å². The molecule has 3 N–H and O–H groups in total. The summed E-state index contributed by atoms with van der Waals surface area (Å²) in [5.74, 6) is 0. The molecule has 0 saturated carbocycles. The number of aliphatic hydroxyl groups is 2. The van der Waals surface area contributed by atoms with E-state index >= 15 is 0 Å². The molecule has 0 spiro atoms. The van der Waals surface area contributed by atoms with Crippen molar-refractivity contribution in [3.8, 4) is 0 Å². The molecule has 0 bridgehead atoms. The summed E-state index contributed by atoms with van der Waals surface area (Å²) in [6, 6.07) is 10.5. The van der Waals surface area contributed by atoms with E-state index in [-0.39, 0.29) is 13.0 Å². The number of aliphatic hydroxyl groups excluding tert-OH is 2. The van der Waals surface area contributed by atoms with Crippen molar-refractivity contribution in [1.82, 2.24) is 9.55 Å². The molecule has 1 aromatic carbocycles. The molecule has 4 rings (SSSR count). The first-order chi connectivity index (χ1) is 12.0. The second-order valence-electron chi connectivity index (χ2n) is 6.32. The number of nitrogens with zero attached hydrogens (tertiary/aromatic N) is 1. The minimum Gasteiger partial charge on any atom is -0.394 e. The molecule has 8 nitrogen and oxygen atoms in total. The van der Waals surface area contributed by atoms with Crippen LogP contribution in [0.15, 0.2) is 52.2 Å². The second-order valence-corrected chi connectivity index (χ2v) is 6.32. The van der Waals surface area contributed by atoms with E-state index in [1.807, 2.05) is 30.3 Å². The first-order valence-corrected chi connectivity index (χ1v) is 8.04. The van der Waals surface area contributed by atoms with E-state index in [1.54, 1.807) is 0 Å². The highest BCUT2D eigenvalue weighted by atomic mass is 16.6. The number of hydrogen-bond donors (Lipinski definition) is 3. The zero-order valence-corrected chi connectivity index (χ0v) is 13.2. The molecule has 5 atom stereocenters. The average Bonchev–Trinajstić information content (AvgIpc) is 3.11. The number of rotatable bonds is 3. The van der Waals surface area contributed by atoms with E-state index in [9.17, 15) is 19.8 Å². The SMILES string of the molecule is O=c1ccn([C@@H]2C[C@@]3(c4ccccc4)O[C@H](CO)[C@@H](O)[C@H]3O2)c(=O)[nH]1. The van der Waals surface area contributed by atoms with Crippen LogP contribution in [0.25, 0.3) is 0 Å². The van der Waals surface area contributed by atoms with Crippen LogP contribution in [0.5, 0.6) is 0 Å². The number of H-pyrrole nitrogens is 1. The van der Waals surface area contributed by atoms with Crippen LogP contribution in [-0.4, -0.2) is 44.7 Å². The van der Waals surface area contributed by atoms with Crippen molar-refractivity contribution < 1.29 is 19.7 Å². The van der Waals surface area contributed by atoms with Gasteiger partial charge in [-0.3, -0.25) is 14.3 Å². The van der Waals surface area contributed by atoms with E-state index < -0.39 is 41.4 Å². The van der Waals surface area contributed by atoms with Crippen LogP contribution in [0.2, 0.25) is 0 Å². The largest absolute Gasteiger partial charge is 0.394 e. The van der Waals surface area contributed by atoms with Gasteiger partial charge in [-0.05, 0) is 5.56 Å². The number of fused-ring (bicyclic) bond motifs is 1. The molecule has 0 unspecified atom stereocenters. The predicted molar refractivity (Wildman–Crippen MR) is 85.9 cm³/mol. The van der Waals surface area contributed by atoms with Gasteiger partial charge in [0, 0.05) is 18.7 Å². The molecule has 0 aliphatic carbocycles. The molecule has 0 radical (unpaired) electrons. The molecular formula is C17H18N2O6. The molecule has 2 aliphatic rings. The number of ether oxygens (including phenoxy) is 2. The summed E-state index contributed by atoms with van der Waals surface area (Å²) >= 11 is 0. The standard InChI is InChI=1S/C17H18N2O6/c20-9-11-14(22)15-17(25-11,10-4-2-1-3-5-10)8-13(24-15)19-7-6-12(21)18-16(19)23/h1-7,11,13-15,20,22H,8-9H2,(H,18,21,23)/t11-,13+,14-,15-,17+/m1/s1. The average molecular weight is 346 g/mol. The zero-order chi connectivity index (χ0) is 17.6. The number of hydrogen-bond acceptors (Lipinski definition) is 6. The van der Waals surface area contributed by atoms with Crippen molar-refractivity contribution in [2.24, 2.45) is 0 Å². The molecule has 8 heteroatoms. The maximum Gasteiger partial charge on any atom is 0.330 e. The van der Waals surface area contributed by atoms with Gasteiger partial charge in [-0.25, -0.2) is 4.79 Å². The second kappa shape index (κ2) is 5.92. The monoisotopic (exact) mass is 346 g/mol. The number of aromatic amines is 1. The van der Waals surface area contributed by atoms with Crippen LogP contribution < -0.4 is 11.2 Å². The molecule has 2 aliphatic heterocycles. The lowest BCUT2D eigenvalue weighted by Crippen LogP contribution is -2.37. The number of nitrogens with one attached hydrogen (secondary N) is 1. The third kappa shape index (κ3) is 2.46. The molecule has 2 fully saturated rings. The van der Waals surface area contributed by atoms with Gasteiger partial charge in [0.2, 0.25) is 0 Å². The normalized spacial score (nSPS) is 34.2. The minimum absolute atomic E-state index is 0.265. The van der Waals surface area contributed by atoms with Crippen LogP contribution in [0.4, 0.5) is 0 Å². The molecule has 132 valence electrons. The van der Waals surface area contributed by atoms with E-state index in [4.69, 9.17) is 9.47 Å². The fourth-order valence-electron chi connectivity index (χ4n) is 3.74. The topological polar surface area (TPSA) is 114 Å². The fraction of sp³-hybridized carbons (Fsp3) is 0.412. The molecule has 3 heterocycles. The molecule has 0 amide bonds. The Hall–Kier alpha value is -2.26. The molecular weight excluding hydrogens is 328 g/mol. The quantitative estimate of drug-likeness (QED) is 0.689. The summed E-state index contributed by atoms with van der Waals surface area (Å²) in [4.78, 5) is 25.5. The van der Waals surface area contributed by atoms with Gasteiger partial charge in [-0.2, -0.15) is 0 Å². The minimum atomic E-state index is -1.03. The summed E-state index contributed by atoms with van der Waals surface area (Å²) in [7, 11) is 0. The molecule has 2 saturated heterocycles. The van der Waals surface area contributed by atoms with Gasteiger partial charge < -0.3 is 19.7 Å². The maximum absolute atomic E-state index is 12.1. The predicted octanol–water partition coefficient (Wildman–Crippen LogP) is -0.528. The van der Waals surface area contributed by atoms with Crippen LogP contribution in [0, 0.1) is 0 Å². The molecule has 25 heavy (non-hydrogen) atoms. The number of aromatic nitrogens is 2. The van der Waals surface area contributed by atoms with E-state index in [0.717, 1.165) is 5.56 Å². The van der Waals surface area contributed by atoms with E-state index in [2.05, 4.69) is 4.98 Å². The molecule has 2 aromatic rings.